The zero-order chi connectivity index (χ0) is 14.0. The Kier molecular flexibility index (Phi) is 18.1. The summed E-state index contributed by atoms with van der Waals surface area (Å²) in [5, 5.41) is 0. The van der Waals surface area contributed by atoms with Crippen molar-refractivity contribution in [2.24, 2.45) is 9.98 Å². The van der Waals surface area contributed by atoms with Crippen LogP contribution >= 0.6 is 0 Å². The van der Waals surface area contributed by atoms with Crippen molar-refractivity contribution in [3.05, 3.63) is 31.1 Å². The number of amidine groups is 2. The molecule has 4 heteroatoms. The molecule has 0 saturated carbocycles. The van der Waals surface area contributed by atoms with Gasteiger partial charge < -0.3 is 4.90 Å². The molecule has 1 aliphatic heterocycles. The first kappa shape index (κ1) is 23.5. The molecule has 0 aromatic carbocycles. The fourth-order valence-electron chi connectivity index (χ4n) is 0.949. The molecule has 0 fully saturated rings. The van der Waals surface area contributed by atoms with Gasteiger partial charge in [0.25, 0.3) is 0 Å². The maximum Gasteiger partial charge on any atom is 1.00 e. The number of hydrogen-bond donors (Lipinski definition) is 0. The van der Waals surface area contributed by atoms with E-state index in [1.165, 1.54) is 0 Å². The van der Waals surface area contributed by atoms with Crippen LogP contribution in [0.3, 0.4) is 0 Å². The first-order chi connectivity index (χ1) is 8.02. The molecule has 18 heavy (non-hydrogen) atoms. The number of aliphatic imine (C=N–C) groups is 2. The minimum absolute atomic E-state index is 0. The second kappa shape index (κ2) is 13.8. The van der Waals surface area contributed by atoms with Gasteiger partial charge in [0.2, 0.25) is 0 Å². The number of hydrogen-bond acceptors (Lipinski definition) is 2. The summed E-state index contributed by atoms with van der Waals surface area (Å²) >= 11 is 0. The van der Waals surface area contributed by atoms with Gasteiger partial charge in [-0.2, -0.15) is 0 Å². The van der Waals surface area contributed by atoms with Gasteiger partial charge in [0.1, 0.15) is 5.84 Å². The topological polar surface area (TPSA) is 28.0 Å². The van der Waals surface area contributed by atoms with Crippen LogP contribution in [0.15, 0.2) is 34.0 Å². The smallest absolute Gasteiger partial charge is 0.468 e. The standard InChI is InChI=1S/C10H14N3.2C2H6.Rb/c1-7(2)6-11-10-8(3)12-9(4)13(10)5;2*1-2;/h6H,3,5H2,1-2,4H3;2*1-2H3;/q-1;;;+1. The maximum absolute atomic E-state index is 4.24. The molecule has 0 aliphatic carbocycles. The monoisotopic (exact) mass is 321 g/mol. The largest absolute Gasteiger partial charge is 1.00 e. The molecule has 0 spiro atoms. The van der Waals surface area contributed by atoms with Gasteiger partial charge in [-0.05, 0) is 20.8 Å². The number of nitrogens with zero attached hydrogens (tertiary/aromatic N) is 3. The molecule has 3 nitrogen and oxygen atoms in total. The van der Waals surface area contributed by atoms with Crippen molar-refractivity contribution in [2.45, 2.75) is 48.5 Å². The zero-order valence-electron chi connectivity index (χ0n) is 13.3. The fraction of sp³-hybridized carbons (Fsp3) is 0.500. The second-order valence-electron chi connectivity index (χ2n) is 3.19. The van der Waals surface area contributed by atoms with Gasteiger partial charge in [0.05, 0.1) is 11.5 Å². The molecule has 0 bridgehead atoms. The molecule has 0 atom stereocenters. The average molecular weight is 322 g/mol. The molecule has 0 saturated heterocycles. The molecule has 0 aromatic rings. The fourth-order valence-corrected chi connectivity index (χ4v) is 0.949. The first-order valence-electron chi connectivity index (χ1n) is 6.08. The Morgan fingerprint density at radius 1 is 1.28 bits per heavy atom. The van der Waals surface area contributed by atoms with Crippen LogP contribution in [0, 0.1) is 7.05 Å². The first-order valence-corrected chi connectivity index (χ1v) is 6.08. The van der Waals surface area contributed by atoms with Crippen molar-refractivity contribution < 1.29 is 58.2 Å². The summed E-state index contributed by atoms with van der Waals surface area (Å²) in [5.74, 6) is 1.55. The Bertz CT molecular complexity index is 324. The Hall–Kier alpha value is 0.425. The molecule has 0 radical (unpaired) electrons. The summed E-state index contributed by atoms with van der Waals surface area (Å²) < 4.78 is 0. The van der Waals surface area contributed by atoms with Crippen LogP contribution in [0.25, 0.3) is 0 Å². The van der Waals surface area contributed by atoms with Crippen LogP contribution in [0.1, 0.15) is 48.5 Å². The van der Waals surface area contributed by atoms with Crippen molar-refractivity contribution in [1.29, 1.82) is 0 Å². The average Bonchev–Trinajstić information content (AvgIpc) is 2.56. The summed E-state index contributed by atoms with van der Waals surface area (Å²) in [6, 6.07) is 0. The van der Waals surface area contributed by atoms with E-state index in [2.05, 4.69) is 23.6 Å². The molecular weight excluding hydrogens is 296 g/mol. The molecule has 0 amide bonds. The van der Waals surface area contributed by atoms with Gasteiger partial charge in [0, 0.05) is 6.20 Å². The second-order valence-corrected chi connectivity index (χ2v) is 3.19. The van der Waals surface area contributed by atoms with E-state index in [0.29, 0.717) is 5.70 Å². The quantitative estimate of drug-likeness (QED) is 0.671. The van der Waals surface area contributed by atoms with Crippen molar-refractivity contribution in [1.82, 2.24) is 4.90 Å². The molecule has 0 unspecified atom stereocenters. The van der Waals surface area contributed by atoms with Crippen molar-refractivity contribution in [3.63, 3.8) is 0 Å². The maximum atomic E-state index is 4.24. The van der Waals surface area contributed by atoms with Gasteiger partial charge in [-0.15, -0.1) is 0 Å². The van der Waals surface area contributed by atoms with Crippen LogP contribution in [0.5, 0.6) is 0 Å². The van der Waals surface area contributed by atoms with Gasteiger partial charge in [-0.3, -0.25) is 0 Å². The van der Waals surface area contributed by atoms with Crippen LogP contribution in [0.4, 0.5) is 0 Å². The van der Waals surface area contributed by atoms with Crippen LogP contribution in [0.2, 0.25) is 0 Å². The predicted molar refractivity (Wildman–Crippen MR) is 79.0 cm³/mol. The molecular formula is C14H26N3Rb. The Labute approximate surface area is 162 Å². The molecule has 1 aliphatic rings. The van der Waals surface area contributed by atoms with E-state index < -0.39 is 0 Å². The van der Waals surface area contributed by atoms with Crippen LogP contribution < -0.4 is 58.2 Å². The SMILES string of the molecule is C=C1N=C(C)N([CH2-])C1=NC=C(C)C.CC.CC.[Rb+]. The zero-order valence-corrected chi connectivity index (χ0v) is 18.2. The van der Waals surface area contributed by atoms with E-state index in [9.17, 15) is 0 Å². The van der Waals surface area contributed by atoms with E-state index >= 15 is 0 Å². The molecule has 0 N–H and O–H groups in total. The Morgan fingerprint density at radius 3 is 2.00 bits per heavy atom. The van der Waals surface area contributed by atoms with Crippen molar-refractivity contribution >= 4 is 11.7 Å². The molecule has 1 heterocycles. The predicted octanol–water partition coefficient (Wildman–Crippen LogP) is 1.40. The Balaban J connectivity index is -0.000000409. The van der Waals surface area contributed by atoms with E-state index in [-0.39, 0.29) is 58.2 Å². The summed E-state index contributed by atoms with van der Waals surface area (Å²) in [6.07, 6.45) is 1.78. The van der Waals surface area contributed by atoms with Gasteiger partial charge in [-0.1, -0.05) is 39.8 Å². The summed E-state index contributed by atoms with van der Waals surface area (Å²) in [5.41, 5.74) is 1.81. The van der Waals surface area contributed by atoms with E-state index in [4.69, 9.17) is 0 Å². The molecule has 1 rings (SSSR count). The van der Waals surface area contributed by atoms with E-state index in [1.54, 1.807) is 11.1 Å². The van der Waals surface area contributed by atoms with Crippen molar-refractivity contribution in [3.8, 4) is 0 Å². The normalized spacial score (nSPS) is 14.7. The number of allylic oxidation sites excluding steroid dienone is 1. The third-order valence-electron chi connectivity index (χ3n) is 1.65. The third-order valence-corrected chi connectivity index (χ3v) is 1.65. The molecule has 0 aromatic heterocycles. The summed E-state index contributed by atoms with van der Waals surface area (Å²) in [6.45, 7) is 17.6. The van der Waals surface area contributed by atoms with Crippen LogP contribution in [-0.4, -0.2) is 16.6 Å². The third kappa shape index (κ3) is 8.51. The summed E-state index contributed by atoms with van der Waals surface area (Å²) in [7, 11) is 3.81. The van der Waals surface area contributed by atoms with Gasteiger partial charge in [0.15, 0.2) is 0 Å². The van der Waals surface area contributed by atoms with Gasteiger partial charge >= 0.3 is 58.2 Å². The van der Waals surface area contributed by atoms with E-state index in [0.717, 1.165) is 17.2 Å². The summed E-state index contributed by atoms with van der Waals surface area (Å²) in [4.78, 5) is 10.1. The minimum Gasteiger partial charge on any atom is -0.468 e. The molecule has 98 valence electrons. The van der Waals surface area contributed by atoms with Gasteiger partial charge in [-0.25, -0.2) is 17.0 Å². The minimum atomic E-state index is 0. The van der Waals surface area contributed by atoms with E-state index in [1.807, 2.05) is 48.5 Å². The van der Waals surface area contributed by atoms with Crippen LogP contribution in [-0.2, 0) is 0 Å². The Morgan fingerprint density at radius 2 is 1.72 bits per heavy atom. The van der Waals surface area contributed by atoms with Crippen molar-refractivity contribution in [2.75, 3.05) is 0 Å². The number of rotatable bonds is 1.